The van der Waals surface area contributed by atoms with Crippen molar-refractivity contribution in [1.82, 2.24) is 14.8 Å². The van der Waals surface area contributed by atoms with Gasteiger partial charge in [0.05, 0.1) is 0 Å². The molecule has 96 valence electrons. The first kappa shape index (κ1) is 11.9. The highest BCUT2D eigenvalue weighted by atomic mass is 79.9. The van der Waals surface area contributed by atoms with Crippen molar-refractivity contribution in [2.24, 2.45) is 0 Å². The van der Waals surface area contributed by atoms with Crippen molar-refractivity contribution in [2.75, 3.05) is 0 Å². The number of hydrogen-bond acceptors (Lipinski definition) is 4. The third-order valence-corrected chi connectivity index (χ3v) is 3.18. The number of fused-ring (bicyclic) bond motifs is 1. The van der Waals surface area contributed by atoms with Crippen LogP contribution in [0.15, 0.2) is 39.4 Å². The van der Waals surface area contributed by atoms with Crippen LogP contribution >= 0.6 is 15.9 Å². The maximum Gasteiger partial charge on any atom is 0.393 e. The van der Waals surface area contributed by atoms with E-state index in [9.17, 15) is 4.79 Å². The lowest BCUT2D eigenvalue weighted by Crippen LogP contribution is -1.98. The molecule has 0 saturated heterocycles. The Balaban J connectivity index is 1.96. The predicted octanol–water partition coefficient (Wildman–Crippen LogP) is 2.53. The molecule has 0 atom stereocenters. The second-order valence-electron chi connectivity index (χ2n) is 3.95. The van der Waals surface area contributed by atoms with Crippen molar-refractivity contribution in [2.45, 2.75) is 6.54 Å². The summed E-state index contributed by atoms with van der Waals surface area (Å²) in [7, 11) is 0. The summed E-state index contributed by atoms with van der Waals surface area (Å²) in [6, 6.07) is 7.90. The summed E-state index contributed by atoms with van der Waals surface area (Å²) in [5, 5.41) is 17.0. The Hall–Kier alpha value is -2.15. The highest BCUT2D eigenvalue weighted by molar-refractivity contribution is 9.10. The maximum absolute atomic E-state index is 10.7. The summed E-state index contributed by atoms with van der Waals surface area (Å²) in [5.74, 6) is -1.36. The van der Waals surface area contributed by atoms with Crippen molar-refractivity contribution in [3.8, 4) is 0 Å². The molecule has 2 aromatic heterocycles. The summed E-state index contributed by atoms with van der Waals surface area (Å²) < 4.78 is 7.93. The molecule has 0 saturated carbocycles. The molecule has 2 heterocycles. The first-order chi connectivity index (χ1) is 9.13. The van der Waals surface area contributed by atoms with E-state index in [1.807, 2.05) is 35.0 Å². The van der Waals surface area contributed by atoms with Gasteiger partial charge in [-0.15, -0.1) is 10.2 Å². The van der Waals surface area contributed by atoms with Crippen LogP contribution in [0, 0.1) is 0 Å². The number of nitrogens with zero attached hydrogens (tertiary/aromatic N) is 3. The van der Waals surface area contributed by atoms with E-state index < -0.39 is 11.9 Å². The average molecular weight is 322 g/mol. The van der Waals surface area contributed by atoms with Gasteiger partial charge in [-0.1, -0.05) is 22.0 Å². The van der Waals surface area contributed by atoms with E-state index >= 15 is 0 Å². The van der Waals surface area contributed by atoms with Crippen molar-refractivity contribution in [3.63, 3.8) is 0 Å². The molecule has 0 radical (unpaired) electrons. The first-order valence-electron chi connectivity index (χ1n) is 5.43. The third kappa shape index (κ3) is 2.24. The van der Waals surface area contributed by atoms with Crippen LogP contribution in [0.4, 0.5) is 0 Å². The minimum atomic E-state index is -1.22. The van der Waals surface area contributed by atoms with Crippen LogP contribution in [-0.2, 0) is 6.54 Å². The number of rotatable bonds is 3. The molecule has 1 N–H and O–H groups in total. The smallest absolute Gasteiger partial charge is 0.393 e. The predicted molar refractivity (Wildman–Crippen MR) is 70.0 cm³/mol. The van der Waals surface area contributed by atoms with Gasteiger partial charge in [0.25, 0.3) is 0 Å². The summed E-state index contributed by atoms with van der Waals surface area (Å²) >= 11 is 3.42. The van der Waals surface area contributed by atoms with Gasteiger partial charge in [0.2, 0.25) is 5.89 Å². The lowest BCUT2D eigenvalue weighted by Gasteiger charge is -2.01. The van der Waals surface area contributed by atoms with Gasteiger partial charge in [0.1, 0.15) is 6.54 Å². The molecule has 6 nitrogen and oxygen atoms in total. The zero-order valence-electron chi connectivity index (χ0n) is 9.58. The van der Waals surface area contributed by atoms with E-state index in [0.29, 0.717) is 6.54 Å². The maximum atomic E-state index is 10.7. The first-order valence-corrected chi connectivity index (χ1v) is 6.23. The minimum absolute atomic E-state index is 0.259. The summed E-state index contributed by atoms with van der Waals surface area (Å²) in [6.07, 6.45) is 1.89. The van der Waals surface area contributed by atoms with Crippen LogP contribution in [0.2, 0.25) is 0 Å². The minimum Gasteiger partial charge on any atom is -0.474 e. The van der Waals surface area contributed by atoms with Gasteiger partial charge in [0.15, 0.2) is 0 Å². The number of carboxylic acid groups (broad SMARTS) is 1. The number of benzene rings is 1. The summed E-state index contributed by atoms with van der Waals surface area (Å²) in [5.41, 5.74) is 1.00. The molecule has 0 aliphatic carbocycles. The van der Waals surface area contributed by atoms with Crippen LogP contribution in [-0.4, -0.2) is 25.8 Å². The van der Waals surface area contributed by atoms with E-state index in [1.54, 1.807) is 0 Å². The summed E-state index contributed by atoms with van der Waals surface area (Å²) in [4.78, 5) is 10.7. The molecule has 0 amide bonds. The highest BCUT2D eigenvalue weighted by Gasteiger charge is 2.13. The van der Waals surface area contributed by atoms with Gasteiger partial charge in [-0.25, -0.2) is 4.79 Å². The molecule has 3 rings (SSSR count). The van der Waals surface area contributed by atoms with Gasteiger partial charge in [-0.05, 0) is 23.6 Å². The number of aromatic carboxylic acids is 1. The monoisotopic (exact) mass is 321 g/mol. The van der Waals surface area contributed by atoms with Crippen molar-refractivity contribution >= 4 is 32.8 Å². The zero-order chi connectivity index (χ0) is 13.4. The average Bonchev–Trinajstić information content (AvgIpc) is 2.98. The van der Waals surface area contributed by atoms with E-state index in [-0.39, 0.29) is 5.89 Å². The van der Waals surface area contributed by atoms with Gasteiger partial charge in [-0.3, -0.25) is 0 Å². The normalized spacial score (nSPS) is 11.0. The van der Waals surface area contributed by atoms with Crippen molar-refractivity contribution < 1.29 is 14.3 Å². The molecule has 7 heteroatoms. The molecule has 0 spiro atoms. The highest BCUT2D eigenvalue weighted by Crippen LogP contribution is 2.21. The van der Waals surface area contributed by atoms with Gasteiger partial charge in [-0.2, -0.15) is 0 Å². The standard InChI is InChI=1S/C12H8BrN3O3/c13-8-2-1-7-3-4-16(9(7)5-8)6-10-14-15-11(19-10)12(17)18/h1-5H,6H2,(H,17,18). The van der Waals surface area contributed by atoms with E-state index in [4.69, 9.17) is 9.52 Å². The second kappa shape index (κ2) is 4.51. The van der Waals surface area contributed by atoms with E-state index in [0.717, 1.165) is 15.4 Å². The van der Waals surface area contributed by atoms with Crippen molar-refractivity contribution in [3.05, 3.63) is 46.7 Å². The molecule has 3 aromatic rings. The Morgan fingerprint density at radius 3 is 2.95 bits per heavy atom. The third-order valence-electron chi connectivity index (χ3n) is 2.69. The van der Waals surface area contributed by atoms with Crippen LogP contribution in [0.5, 0.6) is 0 Å². The fourth-order valence-electron chi connectivity index (χ4n) is 1.84. The van der Waals surface area contributed by atoms with Crippen molar-refractivity contribution in [1.29, 1.82) is 0 Å². The lowest BCUT2D eigenvalue weighted by molar-refractivity contribution is 0.0651. The molecule has 1 aromatic carbocycles. The molecule has 0 aliphatic heterocycles. The molecular formula is C12H8BrN3O3. The molecular weight excluding hydrogens is 314 g/mol. The summed E-state index contributed by atoms with van der Waals surface area (Å²) in [6.45, 7) is 0.334. The Morgan fingerprint density at radius 2 is 2.21 bits per heavy atom. The molecule has 0 fully saturated rings. The number of hydrogen-bond donors (Lipinski definition) is 1. The Morgan fingerprint density at radius 1 is 1.37 bits per heavy atom. The van der Waals surface area contributed by atoms with Crippen LogP contribution in [0.25, 0.3) is 10.9 Å². The fourth-order valence-corrected chi connectivity index (χ4v) is 2.19. The number of aromatic nitrogens is 3. The largest absolute Gasteiger partial charge is 0.474 e. The number of carboxylic acids is 1. The van der Waals surface area contributed by atoms with E-state index in [2.05, 4.69) is 26.1 Å². The molecule has 0 aliphatic rings. The zero-order valence-corrected chi connectivity index (χ0v) is 11.2. The van der Waals surface area contributed by atoms with Crippen LogP contribution in [0.1, 0.15) is 16.6 Å². The fraction of sp³-hybridized carbons (Fsp3) is 0.0833. The Kier molecular flexibility index (Phi) is 2.83. The van der Waals surface area contributed by atoms with Crippen LogP contribution in [0.3, 0.4) is 0 Å². The van der Waals surface area contributed by atoms with Gasteiger partial charge in [0, 0.05) is 16.2 Å². The Labute approximate surface area is 115 Å². The van der Waals surface area contributed by atoms with E-state index in [1.165, 1.54) is 0 Å². The quantitative estimate of drug-likeness (QED) is 0.801. The number of halogens is 1. The second-order valence-corrected chi connectivity index (χ2v) is 4.87. The number of carbonyl (C=O) groups is 1. The molecule has 0 unspecified atom stereocenters. The lowest BCUT2D eigenvalue weighted by atomic mass is 10.2. The topological polar surface area (TPSA) is 81.1 Å². The molecule has 19 heavy (non-hydrogen) atoms. The molecule has 0 bridgehead atoms. The SMILES string of the molecule is O=C(O)c1nnc(Cn2ccc3ccc(Br)cc32)o1. The van der Waals surface area contributed by atoms with Gasteiger partial charge < -0.3 is 14.1 Å². The Bertz CT molecular complexity index is 763. The van der Waals surface area contributed by atoms with Gasteiger partial charge >= 0.3 is 11.9 Å². The van der Waals surface area contributed by atoms with Crippen LogP contribution < -0.4 is 0 Å².